The minimum absolute atomic E-state index is 0.574. The standard InChI is InChI=1S/C18H31NO/c1-2-8-14(9-3-1)19-15-10-4-6-12-17(15)20-18-13-7-5-11-16(18)19/h14-18H,1-13H2. The largest absolute Gasteiger partial charge is 0.372 e. The van der Waals surface area contributed by atoms with E-state index in [4.69, 9.17) is 4.74 Å². The first kappa shape index (κ1) is 13.6. The summed E-state index contributed by atoms with van der Waals surface area (Å²) in [6.45, 7) is 0. The monoisotopic (exact) mass is 277 g/mol. The van der Waals surface area contributed by atoms with Gasteiger partial charge in [-0.05, 0) is 38.5 Å². The highest BCUT2D eigenvalue weighted by Gasteiger charge is 2.47. The van der Waals surface area contributed by atoms with Gasteiger partial charge in [0.15, 0.2) is 0 Å². The van der Waals surface area contributed by atoms with Gasteiger partial charge in [0.1, 0.15) is 0 Å². The maximum atomic E-state index is 6.57. The first-order chi connectivity index (χ1) is 9.93. The number of ether oxygens (including phenoxy) is 1. The molecule has 0 aromatic carbocycles. The van der Waals surface area contributed by atoms with Gasteiger partial charge < -0.3 is 4.74 Å². The van der Waals surface area contributed by atoms with Crippen LogP contribution in [0.25, 0.3) is 0 Å². The zero-order chi connectivity index (χ0) is 13.4. The molecule has 4 atom stereocenters. The molecule has 0 amide bonds. The third kappa shape index (κ3) is 2.43. The Kier molecular flexibility index (Phi) is 4.05. The number of fused-ring (bicyclic) bond motifs is 2. The molecule has 1 aliphatic heterocycles. The van der Waals surface area contributed by atoms with Crippen molar-refractivity contribution in [3.8, 4) is 0 Å². The molecule has 2 nitrogen and oxygen atoms in total. The number of rotatable bonds is 1. The van der Waals surface area contributed by atoms with Crippen molar-refractivity contribution in [2.75, 3.05) is 0 Å². The van der Waals surface area contributed by atoms with Crippen molar-refractivity contribution >= 4 is 0 Å². The van der Waals surface area contributed by atoms with E-state index in [1.807, 2.05) is 0 Å². The molecule has 20 heavy (non-hydrogen) atoms. The molecular formula is C18H31NO. The maximum Gasteiger partial charge on any atom is 0.0735 e. The second-order valence-electron chi connectivity index (χ2n) is 7.66. The van der Waals surface area contributed by atoms with Gasteiger partial charge in [-0.25, -0.2) is 0 Å². The molecule has 0 spiro atoms. The van der Waals surface area contributed by atoms with Crippen LogP contribution in [0.5, 0.6) is 0 Å². The summed E-state index contributed by atoms with van der Waals surface area (Å²) in [5.41, 5.74) is 0. The van der Waals surface area contributed by atoms with E-state index < -0.39 is 0 Å². The summed E-state index contributed by atoms with van der Waals surface area (Å²) in [6, 6.07) is 2.43. The van der Waals surface area contributed by atoms with Crippen LogP contribution in [0.15, 0.2) is 0 Å². The highest BCUT2D eigenvalue weighted by Crippen LogP contribution is 2.42. The van der Waals surface area contributed by atoms with Gasteiger partial charge in [-0.2, -0.15) is 0 Å². The SMILES string of the molecule is C1CCC(N2C3CCCCC3OC3CCCCC32)CC1. The van der Waals surface area contributed by atoms with E-state index in [2.05, 4.69) is 4.90 Å². The molecule has 1 saturated heterocycles. The fourth-order valence-electron chi connectivity index (χ4n) is 5.55. The fraction of sp³-hybridized carbons (Fsp3) is 1.00. The van der Waals surface area contributed by atoms with Crippen molar-refractivity contribution in [1.29, 1.82) is 0 Å². The Labute approximate surface area is 124 Å². The molecule has 4 fully saturated rings. The van der Waals surface area contributed by atoms with Crippen LogP contribution in [0.4, 0.5) is 0 Å². The van der Waals surface area contributed by atoms with Gasteiger partial charge in [0.05, 0.1) is 12.2 Å². The van der Waals surface area contributed by atoms with Gasteiger partial charge in [-0.15, -0.1) is 0 Å². The van der Waals surface area contributed by atoms with Crippen LogP contribution >= 0.6 is 0 Å². The summed E-state index contributed by atoms with van der Waals surface area (Å²) in [5, 5.41) is 0. The molecule has 4 unspecified atom stereocenters. The van der Waals surface area contributed by atoms with Crippen LogP contribution in [0, 0.1) is 0 Å². The minimum atomic E-state index is 0.574. The molecule has 0 N–H and O–H groups in total. The Hall–Kier alpha value is -0.0800. The van der Waals surface area contributed by atoms with E-state index in [1.165, 1.54) is 83.5 Å². The lowest BCUT2D eigenvalue weighted by atomic mass is 9.79. The van der Waals surface area contributed by atoms with Crippen molar-refractivity contribution in [1.82, 2.24) is 4.90 Å². The van der Waals surface area contributed by atoms with E-state index in [0.717, 1.165) is 18.1 Å². The lowest BCUT2D eigenvalue weighted by Crippen LogP contribution is -2.65. The number of hydrogen-bond donors (Lipinski definition) is 0. The molecular weight excluding hydrogens is 246 g/mol. The molecule has 3 aliphatic carbocycles. The molecule has 0 aromatic heterocycles. The third-order valence-corrected chi connectivity index (χ3v) is 6.45. The third-order valence-electron chi connectivity index (χ3n) is 6.45. The van der Waals surface area contributed by atoms with E-state index in [-0.39, 0.29) is 0 Å². The lowest BCUT2D eigenvalue weighted by Gasteiger charge is -2.56. The van der Waals surface area contributed by atoms with Gasteiger partial charge in [0.2, 0.25) is 0 Å². The van der Waals surface area contributed by atoms with Crippen molar-refractivity contribution in [3.05, 3.63) is 0 Å². The second kappa shape index (κ2) is 5.96. The Morgan fingerprint density at radius 2 is 1.05 bits per heavy atom. The number of nitrogens with zero attached hydrogens (tertiary/aromatic N) is 1. The molecule has 4 rings (SSSR count). The number of morpholine rings is 1. The maximum absolute atomic E-state index is 6.57. The van der Waals surface area contributed by atoms with Crippen LogP contribution < -0.4 is 0 Å². The Morgan fingerprint density at radius 3 is 1.65 bits per heavy atom. The van der Waals surface area contributed by atoms with E-state index in [9.17, 15) is 0 Å². The van der Waals surface area contributed by atoms with Crippen LogP contribution in [0.1, 0.15) is 83.5 Å². The van der Waals surface area contributed by atoms with Crippen molar-refractivity contribution in [2.24, 2.45) is 0 Å². The highest BCUT2D eigenvalue weighted by molar-refractivity contribution is 5.00. The molecule has 3 saturated carbocycles. The average Bonchev–Trinajstić information content (AvgIpc) is 2.53. The van der Waals surface area contributed by atoms with Crippen LogP contribution in [-0.2, 0) is 4.74 Å². The highest BCUT2D eigenvalue weighted by atomic mass is 16.5. The van der Waals surface area contributed by atoms with Crippen LogP contribution in [-0.4, -0.2) is 35.2 Å². The van der Waals surface area contributed by atoms with Crippen molar-refractivity contribution in [3.63, 3.8) is 0 Å². The predicted octanol–water partition coefficient (Wildman–Crippen LogP) is 4.27. The smallest absolute Gasteiger partial charge is 0.0735 e. The van der Waals surface area contributed by atoms with Gasteiger partial charge in [0.25, 0.3) is 0 Å². The first-order valence-electron chi connectivity index (χ1n) is 9.36. The first-order valence-corrected chi connectivity index (χ1v) is 9.36. The molecule has 2 heteroatoms. The van der Waals surface area contributed by atoms with Crippen molar-refractivity contribution < 1.29 is 4.74 Å². The van der Waals surface area contributed by atoms with E-state index in [1.54, 1.807) is 0 Å². The Bertz CT molecular complexity index is 303. The zero-order valence-corrected chi connectivity index (χ0v) is 12.9. The molecule has 0 bridgehead atoms. The summed E-state index contributed by atoms with van der Waals surface area (Å²) in [5.74, 6) is 0. The quantitative estimate of drug-likeness (QED) is 0.709. The number of hydrogen-bond acceptors (Lipinski definition) is 2. The molecule has 0 aromatic rings. The lowest BCUT2D eigenvalue weighted by molar-refractivity contribution is -0.189. The van der Waals surface area contributed by atoms with E-state index in [0.29, 0.717) is 12.2 Å². The summed E-state index contributed by atoms with van der Waals surface area (Å²) in [6.07, 6.45) is 19.6. The summed E-state index contributed by atoms with van der Waals surface area (Å²) >= 11 is 0. The van der Waals surface area contributed by atoms with Gasteiger partial charge in [0, 0.05) is 18.1 Å². The van der Waals surface area contributed by atoms with Gasteiger partial charge >= 0.3 is 0 Å². The Morgan fingerprint density at radius 1 is 0.550 bits per heavy atom. The molecule has 114 valence electrons. The summed E-state index contributed by atoms with van der Waals surface area (Å²) in [7, 11) is 0. The average molecular weight is 277 g/mol. The normalized spacial score (nSPS) is 43.8. The van der Waals surface area contributed by atoms with Crippen LogP contribution in [0.3, 0.4) is 0 Å². The molecule has 1 heterocycles. The van der Waals surface area contributed by atoms with Crippen molar-refractivity contribution in [2.45, 2.75) is 114 Å². The summed E-state index contributed by atoms with van der Waals surface area (Å²) < 4.78 is 6.57. The summed E-state index contributed by atoms with van der Waals surface area (Å²) in [4.78, 5) is 3.02. The minimum Gasteiger partial charge on any atom is -0.372 e. The van der Waals surface area contributed by atoms with Crippen LogP contribution in [0.2, 0.25) is 0 Å². The fourth-order valence-corrected chi connectivity index (χ4v) is 5.55. The van der Waals surface area contributed by atoms with Gasteiger partial charge in [-0.1, -0.05) is 44.9 Å². The Balaban J connectivity index is 1.58. The predicted molar refractivity (Wildman–Crippen MR) is 81.9 cm³/mol. The van der Waals surface area contributed by atoms with E-state index >= 15 is 0 Å². The second-order valence-corrected chi connectivity index (χ2v) is 7.66. The van der Waals surface area contributed by atoms with Gasteiger partial charge in [-0.3, -0.25) is 4.90 Å². The topological polar surface area (TPSA) is 12.5 Å². The zero-order valence-electron chi connectivity index (χ0n) is 12.9. The molecule has 0 radical (unpaired) electrons. The molecule has 4 aliphatic rings.